The quantitative estimate of drug-likeness (QED) is 0.445. The van der Waals surface area contributed by atoms with Gasteiger partial charge in [-0.25, -0.2) is 0 Å². The van der Waals surface area contributed by atoms with Gasteiger partial charge < -0.3 is 9.84 Å². The van der Waals surface area contributed by atoms with Gasteiger partial charge in [0.2, 0.25) is 0 Å². The molecule has 0 aromatic rings. The van der Waals surface area contributed by atoms with Crippen LogP contribution in [0, 0.1) is 0 Å². The molecule has 0 fully saturated rings. The summed E-state index contributed by atoms with van der Waals surface area (Å²) in [5.41, 5.74) is 0. The first-order valence-electron chi connectivity index (χ1n) is 6.73. The first-order valence-corrected chi connectivity index (χ1v) is 6.73. The van der Waals surface area contributed by atoms with Crippen LogP contribution in [0.4, 0.5) is 0 Å². The highest BCUT2D eigenvalue weighted by Gasteiger charge is 2.09. The molecule has 0 bridgehead atoms. The van der Waals surface area contributed by atoms with E-state index >= 15 is 0 Å². The van der Waals surface area contributed by atoms with Crippen molar-refractivity contribution < 1.29 is 14.6 Å². The van der Waals surface area contributed by atoms with Crippen LogP contribution in [-0.4, -0.2) is 48.8 Å². The number of aliphatic hydroxyl groups excluding tert-OH is 1. The van der Waals surface area contributed by atoms with Crippen LogP contribution in [0.2, 0.25) is 0 Å². The van der Waals surface area contributed by atoms with Gasteiger partial charge in [0.05, 0.1) is 13.2 Å². The Morgan fingerprint density at radius 2 is 1.82 bits per heavy atom. The maximum atomic E-state index is 11.4. The van der Waals surface area contributed by atoms with Gasteiger partial charge in [0.25, 0.3) is 0 Å². The van der Waals surface area contributed by atoms with Gasteiger partial charge in [0, 0.05) is 6.61 Å². The zero-order valence-corrected chi connectivity index (χ0v) is 11.3. The Hall–Kier alpha value is -0.610. The minimum atomic E-state index is -0.128. The van der Waals surface area contributed by atoms with Crippen LogP contribution in [0.1, 0.15) is 46.0 Å². The van der Waals surface area contributed by atoms with E-state index in [1.807, 2.05) is 6.92 Å². The van der Waals surface area contributed by atoms with Gasteiger partial charge in [-0.1, -0.05) is 19.8 Å². The maximum Gasteiger partial charge on any atom is 0.320 e. The molecule has 0 aromatic heterocycles. The third-order valence-corrected chi connectivity index (χ3v) is 2.58. The molecule has 0 aliphatic carbocycles. The summed E-state index contributed by atoms with van der Waals surface area (Å²) in [6.07, 6.45) is 5.20. The zero-order valence-electron chi connectivity index (χ0n) is 11.3. The van der Waals surface area contributed by atoms with Crippen LogP contribution >= 0.6 is 0 Å². The second-order valence-electron chi connectivity index (χ2n) is 4.22. The van der Waals surface area contributed by atoms with Gasteiger partial charge >= 0.3 is 5.97 Å². The predicted octanol–water partition coefficient (Wildman–Crippen LogP) is 1.81. The summed E-state index contributed by atoms with van der Waals surface area (Å²) in [7, 11) is 0. The van der Waals surface area contributed by atoms with Crippen LogP contribution < -0.4 is 0 Å². The van der Waals surface area contributed by atoms with Crippen molar-refractivity contribution >= 4 is 5.97 Å². The molecule has 17 heavy (non-hydrogen) atoms. The normalized spacial score (nSPS) is 10.8. The molecule has 0 unspecified atom stereocenters. The van der Waals surface area contributed by atoms with Crippen molar-refractivity contribution in [2.75, 3.05) is 32.8 Å². The number of rotatable bonds is 11. The number of aliphatic hydroxyl groups is 1. The molecule has 0 heterocycles. The fourth-order valence-corrected chi connectivity index (χ4v) is 1.78. The van der Waals surface area contributed by atoms with Crippen molar-refractivity contribution in [1.82, 2.24) is 4.90 Å². The third-order valence-electron chi connectivity index (χ3n) is 2.58. The lowest BCUT2D eigenvalue weighted by atomic mass is 10.2. The van der Waals surface area contributed by atoms with E-state index in [1.165, 1.54) is 0 Å². The van der Waals surface area contributed by atoms with Crippen molar-refractivity contribution in [2.45, 2.75) is 46.0 Å². The molecule has 0 radical (unpaired) electrons. The van der Waals surface area contributed by atoms with E-state index < -0.39 is 0 Å². The van der Waals surface area contributed by atoms with E-state index in [1.54, 1.807) is 0 Å². The van der Waals surface area contributed by atoms with Crippen molar-refractivity contribution in [2.24, 2.45) is 0 Å². The lowest BCUT2D eigenvalue weighted by Gasteiger charge is -2.20. The number of hydrogen-bond acceptors (Lipinski definition) is 4. The van der Waals surface area contributed by atoms with Crippen LogP contribution in [0.25, 0.3) is 0 Å². The molecule has 102 valence electrons. The standard InChI is InChI=1S/C13H27NO3/c1-3-9-14(12-13(16)17-4-2)10-7-5-6-8-11-15/h15H,3-12H2,1-2H3. The van der Waals surface area contributed by atoms with Crippen molar-refractivity contribution in [3.05, 3.63) is 0 Å². The molecule has 0 aliphatic heterocycles. The molecule has 0 saturated carbocycles. The van der Waals surface area contributed by atoms with Gasteiger partial charge in [0.15, 0.2) is 0 Å². The molecule has 0 amide bonds. The minimum absolute atomic E-state index is 0.128. The Bertz CT molecular complexity index is 186. The number of hydrogen-bond donors (Lipinski definition) is 1. The topological polar surface area (TPSA) is 49.8 Å². The summed E-state index contributed by atoms with van der Waals surface area (Å²) in [6.45, 7) is 6.97. The van der Waals surface area contributed by atoms with Gasteiger partial charge in [0.1, 0.15) is 0 Å². The lowest BCUT2D eigenvalue weighted by Crippen LogP contribution is -2.32. The van der Waals surface area contributed by atoms with E-state index in [0.29, 0.717) is 13.2 Å². The van der Waals surface area contributed by atoms with E-state index in [4.69, 9.17) is 9.84 Å². The van der Waals surface area contributed by atoms with E-state index in [0.717, 1.165) is 45.2 Å². The third kappa shape index (κ3) is 10.3. The van der Waals surface area contributed by atoms with Gasteiger partial charge in [-0.05, 0) is 39.3 Å². The largest absolute Gasteiger partial charge is 0.465 e. The maximum absolute atomic E-state index is 11.4. The number of nitrogens with zero attached hydrogens (tertiary/aromatic N) is 1. The molecule has 0 aromatic carbocycles. The number of unbranched alkanes of at least 4 members (excludes halogenated alkanes) is 3. The van der Waals surface area contributed by atoms with E-state index in [-0.39, 0.29) is 12.6 Å². The zero-order chi connectivity index (χ0) is 12.9. The van der Waals surface area contributed by atoms with Crippen LogP contribution in [0.3, 0.4) is 0 Å². The second kappa shape index (κ2) is 11.9. The molecule has 0 rings (SSSR count). The Morgan fingerprint density at radius 3 is 2.41 bits per heavy atom. The highest BCUT2D eigenvalue weighted by Crippen LogP contribution is 2.02. The van der Waals surface area contributed by atoms with Crippen molar-refractivity contribution in [3.63, 3.8) is 0 Å². The van der Waals surface area contributed by atoms with Crippen molar-refractivity contribution in [3.8, 4) is 0 Å². The lowest BCUT2D eigenvalue weighted by molar-refractivity contribution is -0.144. The Morgan fingerprint density at radius 1 is 1.12 bits per heavy atom. The number of esters is 1. The highest BCUT2D eigenvalue weighted by atomic mass is 16.5. The van der Waals surface area contributed by atoms with E-state index in [9.17, 15) is 4.79 Å². The Labute approximate surface area is 105 Å². The van der Waals surface area contributed by atoms with Crippen LogP contribution in [0.15, 0.2) is 0 Å². The Balaban J connectivity index is 3.69. The smallest absolute Gasteiger partial charge is 0.320 e. The van der Waals surface area contributed by atoms with Gasteiger partial charge in [-0.2, -0.15) is 0 Å². The first kappa shape index (κ1) is 16.4. The summed E-state index contributed by atoms with van der Waals surface area (Å²) >= 11 is 0. The highest BCUT2D eigenvalue weighted by molar-refractivity contribution is 5.71. The molecular weight excluding hydrogens is 218 g/mol. The fourth-order valence-electron chi connectivity index (χ4n) is 1.78. The Kier molecular flexibility index (Phi) is 11.4. The molecule has 0 aliphatic rings. The first-order chi connectivity index (χ1) is 8.24. The summed E-state index contributed by atoms with van der Waals surface area (Å²) in [4.78, 5) is 13.5. The van der Waals surface area contributed by atoms with Crippen molar-refractivity contribution in [1.29, 1.82) is 0 Å². The summed E-state index contributed by atoms with van der Waals surface area (Å²) in [5.74, 6) is -0.128. The van der Waals surface area contributed by atoms with E-state index in [2.05, 4.69) is 11.8 Å². The summed E-state index contributed by atoms with van der Waals surface area (Å²) < 4.78 is 4.95. The minimum Gasteiger partial charge on any atom is -0.465 e. The summed E-state index contributed by atoms with van der Waals surface area (Å²) in [6, 6.07) is 0. The monoisotopic (exact) mass is 245 g/mol. The number of carbonyl (C=O) groups is 1. The molecule has 1 N–H and O–H groups in total. The number of ether oxygens (including phenoxy) is 1. The molecular formula is C13H27NO3. The average molecular weight is 245 g/mol. The summed E-state index contributed by atoms with van der Waals surface area (Å²) in [5, 5.41) is 8.67. The fraction of sp³-hybridized carbons (Fsp3) is 0.923. The van der Waals surface area contributed by atoms with Crippen LogP contribution in [-0.2, 0) is 9.53 Å². The SMILES string of the molecule is CCCN(CCCCCCO)CC(=O)OCC. The second-order valence-corrected chi connectivity index (χ2v) is 4.22. The molecule has 4 nitrogen and oxygen atoms in total. The van der Waals surface area contributed by atoms with Gasteiger partial charge in [-0.3, -0.25) is 9.69 Å². The predicted molar refractivity (Wildman–Crippen MR) is 68.9 cm³/mol. The molecule has 0 spiro atoms. The molecule has 4 heteroatoms. The molecule has 0 saturated heterocycles. The molecule has 0 atom stereocenters. The number of carbonyl (C=O) groups excluding carboxylic acids is 1. The van der Waals surface area contributed by atoms with Gasteiger partial charge in [-0.15, -0.1) is 0 Å². The average Bonchev–Trinajstić information content (AvgIpc) is 2.29. The van der Waals surface area contributed by atoms with Crippen LogP contribution in [0.5, 0.6) is 0 Å².